The fourth-order valence-electron chi connectivity index (χ4n) is 5.38. The molecule has 1 amide bonds. The van der Waals surface area contributed by atoms with E-state index in [9.17, 15) is 9.18 Å². The van der Waals surface area contributed by atoms with E-state index in [1.165, 1.54) is 12.1 Å². The first-order chi connectivity index (χ1) is 18.7. The van der Waals surface area contributed by atoms with Crippen molar-refractivity contribution < 1.29 is 9.18 Å². The van der Waals surface area contributed by atoms with Crippen LogP contribution in [0.2, 0.25) is 5.02 Å². The molecule has 4 aromatic rings. The number of benzene rings is 2. The van der Waals surface area contributed by atoms with Gasteiger partial charge in [0.05, 0.1) is 17.8 Å². The Kier molecular flexibility index (Phi) is 7.68. The summed E-state index contributed by atoms with van der Waals surface area (Å²) in [5.41, 5.74) is 6.87. The Morgan fingerprint density at radius 3 is 2.54 bits per heavy atom. The third-order valence-corrected chi connectivity index (χ3v) is 7.86. The highest BCUT2D eigenvalue weighted by atomic mass is 35.5. The molecule has 0 radical (unpaired) electrons. The molecule has 0 spiro atoms. The molecule has 3 heterocycles. The van der Waals surface area contributed by atoms with Crippen molar-refractivity contribution in [2.45, 2.75) is 39.3 Å². The third kappa shape index (κ3) is 5.40. The number of anilines is 1. The first kappa shape index (κ1) is 26.8. The van der Waals surface area contributed by atoms with Crippen molar-refractivity contribution in [3.63, 3.8) is 0 Å². The number of nitrogens with zero attached hydrogens (tertiary/aromatic N) is 3. The van der Waals surface area contributed by atoms with Crippen LogP contribution in [0, 0.1) is 26.6 Å². The van der Waals surface area contributed by atoms with Crippen LogP contribution in [-0.2, 0) is 4.79 Å². The average molecular weight is 562 g/mol. The molecule has 1 saturated heterocycles. The Balaban J connectivity index is 1.50. The van der Waals surface area contributed by atoms with E-state index in [2.05, 4.69) is 45.9 Å². The van der Waals surface area contributed by atoms with Crippen LogP contribution in [0.1, 0.15) is 46.7 Å². The normalized spacial score (nSPS) is 16.8. The molecule has 1 aliphatic heterocycles. The van der Waals surface area contributed by atoms with E-state index in [0.29, 0.717) is 22.4 Å². The lowest BCUT2D eigenvalue weighted by molar-refractivity contribution is -0.116. The van der Waals surface area contributed by atoms with Gasteiger partial charge in [-0.1, -0.05) is 23.7 Å². The maximum absolute atomic E-state index is 13.3. The maximum Gasteiger partial charge on any atom is 0.226 e. The largest absolute Gasteiger partial charge is 0.352 e. The second-order valence-electron chi connectivity index (χ2n) is 9.65. The van der Waals surface area contributed by atoms with E-state index in [4.69, 9.17) is 23.8 Å². The number of hydrogen-bond acceptors (Lipinski definition) is 3. The number of carbonyl (C=O) groups excluding carboxylic acids is 1. The Bertz CT molecular complexity index is 1520. The van der Waals surface area contributed by atoms with Crippen molar-refractivity contribution in [1.82, 2.24) is 19.8 Å². The van der Waals surface area contributed by atoms with Gasteiger partial charge in [0.2, 0.25) is 5.91 Å². The second-order valence-corrected chi connectivity index (χ2v) is 10.5. The Labute approximate surface area is 237 Å². The van der Waals surface area contributed by atoms with Crippen molar-refractivity contribution in [2.24, 2.45) is 0 Å². The molecule has 1 fully saturated rings. The van der Waals surface area contributed by atoms with Gasteiger partial charge < -0.3 is 20.1 Å². The molecule has 0 saturated carbocycles. The van der Waals surface area contributed by atoms with Crippen LogP contribution >= 0.6 is 23.8 Å². The summed E-state index contributed by atoms with van der Waals surface area (Å²) in [6, 6.07) is 19.0. The summed E-state index contributed by atoms with van der Waals surface area (Å²) in [5, 5.41) is 7.55. The van der Waals surface area contributed by atoms with Crippen LogP contribution in [0.15, 0.2) is 72.9 Å². The maximum atomic E-state index is 13.3. The van der Waals surface area contributed by atoms with Crippen molar-refractivity contribution in [1.29, 1.82) is 0 Å². The number of halogens is 2. The van der Waals surface area contributed by atoms with Crippen LogP contribution < -0.4 is 10.6 Å². The van der Waals surface area contributed by atoms with E-state index in [0.717, 1.165) is 33.9 Å². The number of amides is 1. The molecule has 5 rings (SSSR count). The van der Waals surface area contributed by atoms with Crippen LogP contribution in [0.3, 0.4) is 0 Å². The first-order valence-corrected chi connectivity index (χ1v) is 13.5. The predicted molar refractivity (Wildman–Crippen MR) is 157 cm³/mol. The van der Waals surface area contributed by atoms with Crippen LogP contribution in [0.5, 0.6) is 0 Å². The quantitative estimate of drug-likeness (QED) is 0.249. The third-order valence-electron chi connectivity index (χ3n) is 7.28. The molecule has 2 atom stereocenters. The minimum absolute atomic E-state index is 0.175. The van der Waals surface area contributed by atoms with Gasteiger partial charge in [-0.3, -0.25) is 9.78 Å². The summed E-state index contributed by atoms with van der Waals surface area (Å²) in [6.45, 7) is 6.72. The summed E-state index contributed by atoms with van der Waals surface area (Å²) in [4.78, 5) is 19.6. The lowest BCUT2D eigenvalue weighted by atomic mass is 9.93. The van der Waals surface area contributed by atoms with Crippen LogP contribution in [0.25, 0.3) is 5.69 Å². The van der Waals surface area contributed by atoms with Crippen molar-refractivity contribution >= 4 is 40.5 Å². The lowest BCUT2D eigenvalue weighted by Gasteiger charge is -2.29. The monoisotopic (exact) mass is 561 g/mol. The van der Waals surface area contributed by atoms with Gasteiger partial charge >= 0.3 is 0 Å². The summed E-state index contributed by atoms with van der Waals surface area (Å²) < 4.78 is 15.5. The second kappa shape index (κ2) is 11.2. The van der Waals surface area contributed by atoms with Gasteiger partial charge in [0.15, 0.2) is 5.11 Å². The van der Waals surface area contributed by atoms with Crippen LogP contribution in [-0.4, -0.2) is 32.0 Å². The van der Waals surface area contributed by atoms with Gasteiger partial charge in [-0.2, -0.15) is 0 Å². The molecule has 200 valence electrons. The van der Waals surface area contributed by atoms with E-state index in [1.807, 2.05) is 42.5 Å². The number of hydrogen-bond donors (Lipinski definition) is 2. The minimum atomic E-state index is -0.351. The van der Waals surface area contributed by atoms with E-state index in [1.54, 1.807) is 18.3 Å². The molecule has 1 aliphatic rings. The SMILES string of the molecule is Cc1c([C@H]2[C@@H](c3ccccn3)NC(=S)N2CCC(=O)Nc2ccc(F)cc2)c(C)n(-c2cccc(Cl)c2)c1C. The fraction of sp³-hybridized carbons (Fsp3) is 0.233. The highest BCUT2D eigenvalue weighted by Crippen LogP contribution is 2.43. The lowest BCUT2D eigenvalue weighted by Crippen LogP contribution is -2.33. The van der Waals surface area contributed by atoms with Gasteiger partial charge in [-0.25, -0.2) is 4.39 Å². The molecule has 6 nitrogen and oxygen atoms in total. The molecular weight excluding hydrogens is 533 g/mol. The Morgan fingerprint density at radius 2 is 1.85 bits per heavy atom. The molecule has 0 aliphatic carbocycles. The van der Waals surface area contributed by atoms with Gasteiger partial charge in [-0.05, 0) is 93.1 Å². The van der Waals surface area contributed by atoms with E-state index < -0.39 is 0 Å². The van der Waals surface area contributed by atoms with Gasteiger partial charge in [0.25, 0.3) is 0 Å². The van der Waals surface area contributed by atoms with Gasteiger partial charge in [0, 0.05) is 52.5 Å². The molecule has 2 aromatic carbocycles. The number of pyridine rings is 1. The van der Waals surface area contributed by atoms with Crippen molar-refractivity contribution in [2.75, 3.05) is 11.9 Å². The first-order valence-electron chi connectivity index (χ1n) is 12.7. The van der Waals surface area contributed by atoms with Crippen molar-refractivity contribution in [3.8, 4) is 5.69 Å². The number of aromatic nitrogens is 2. The molecule has 9 heteroatoms. The standard InChI is InChI=1S/C30H29ClFN5OS/c1-18-19(2)37(24-8-6-7-21(31)17-24)20(3)27(18)29-28(25-9-4-5-15-33-25)35-30(39)36(29)16-14-26(38)34-23-12-10-22(32)11-13-23/h4-13,15,17,28-29H,14,16H2,1-3H3,(H,34,38)(H,35,39)/t28-,29+/m1/s1. The molecule has 2 N–H and O–H groups in total. The number of nitrogens with one attached hydrogen (secondary N) is 2. The minimum Gasteiger partial charge on any atom is -0.352 e. The Morgan fingerprint density at radius 1 is 1.08 bits per heavy atom. The highest BCUT2D eigenvalue weighted by Gasteiger charge is 2.42. The zero-order chi connectivity index (χ0) is 27.7. The topological polar surface area (TPSA) is 62.2 Å². The summed E-state index contributed by atoms with van der Waals surface area (Å²) in [5.74, 6) is -0.527. The van der Waals surface area contributed by atoms with Gasteiger partial charge in [-0.15, -0.1) is 0 Å². The zero-order valence-corrected chi connectivity index (χ0v) is 23.5. The van der Waals surface area contributed by atoms with E-state index >= 15 is 0 Å². The zero-order valence-electron chi connectivity index (χ0n) is 21.9. The summed E-state index contributed by atoms with van der Waals surface area (Å²) >= 11 is 12.2. The Hall–Kier alpha value is -3.75. The van der Waals surface area contributed by atoms with E-state index in [-0.39, 0.29) is 30.2 Å². The molecule has 0 unspecified atom stereocenters. The molecule has 39 heavy (non-hydrogen) atoms. The predicted octanol–water partition coefficient (Wildman–Crippen LogP) is 6.59. The molecule has 0 bridgehead atoms. The highest BCUT2D eigenvalue weighted by molar-refractivity contribution is 7.80. The van der Waals surface area contributed by atoms with Crippen LogP contribution in [0.4, 0.5) is 10.1 Å². The summed E-state index contributed by atoms with van der Waals surface area (Å²) in [7, 11) is 0. The molecule has 2 aromatic heterocycles. The fourth-order valence-corrected chi connectivity index (χ4v) is 5.90. The average Bonchev–Trinajstić information content (AvgIpc) is 3.35. The van der Waals surface area contributed by atoms with Crippen molar-refractivity contribution in [3.05, 3.63) is 112 Å². The van der Waals surface area contributed by atoms with Gasteiger partial charge in [0.1, 0.15) is 5.82 Å². The summed E-state index contributed by atoms with van der Waals surface area (Å²) in [6.07, 6.45) is 1.98. The molecular formula is C30H29ClFN5OS. The smallest absolute Gasteiger partial charge is 0.226 e. The number of thiocarbonyl (C=S) groups is 1. The number of rotatable bonds is 7. The number of carbonyl (C=O) groups is 1.